The maximum absolute atomic E-state index is 14.2. The van der Waals surface area contributed by atoms with Gasteiger partial charge in [0.15, 0.2) is 11.5 Å². The van der Waals surface area contributed by atoms with Crippen molar-refractivity contribution in [2.75, 3.05) is 6.61 Å². The van der Waals surface area contributed by atoms with Crippen LogP contribution in [-0.4, -0.2) is 23.3 Å². The fraction of sp³-hybridized carbons (Fsp3) is 0.458. The first-order valence-corrected chi connectivity index (χ1v) is 11.4. The number of hydrogen-bond acceptors (Lipinski definition) is 4. The van der Waals surface area contributed by atoms with Crippen LogP contribution < -0.4 is 0 Å². The van der Waals surface area contributed by atoms with Gasteiger partial charge < -0.3 is 4.74 Å². The number of halogens is 2. The van der Waals surface area contributed by atoms with Crippen molar-refractivity contribution in [3.63, 3.8) is 0 Å². The number of rotatable bonds is 5. The first-order valence-electron chi connectivity index (χ1n) is 10.6. The maximum atomic E-state index is 14.2. The van der Waals surface area contributed by atoms with Crippen molar-refractivity contribution in [1.82, 2.24) is 4.98 Å². The first-order chi connectivity index (χ1) is 14.4. The fourth-order valence-electron chi connectivity index (χ4n) is 2.85. The van der Waals surface area contributed by atoms with Crippen LogP contribution >= 0.6 is 15.9 Å². The number of aliphatic imine (C=N–C) groups is 1. The van der Waals surface area contributed by atoms with Gasteiger partial charge in [-0.15, -0.1) is 0 Å². The predicted octanol–water partition coefficient (Wildman–Crippen LogP) is 7.54. The molecule has 0 N–H and O–H groups in total. The van der Waals surface area contributed by atoms with Crippen LogP contribution in [0.2, 0.25) is 0 Å². The average molecular weight is 479 g/mol. The summed E-state index contributed by atoms with van der Waals surface area (Å²) in [6.07, 6.45) is 2.19. The van der Waals surface area contributed by atoms with Crippen molar-refractivity contribution in [1.29, 1.82) is 0 Å². The van der Waals surface area contributed by atoms with E-state index in [-0.39, 0.29) is 18.1 Å². The second-order valence-corrected chi connectivity index (χ2v) is 7.28. The first kappa shape index (κ1) is 26.0. The molecule has 2 aromatic rings. The summed E-state index contributed by atoms with van der Waals surface area (Å²) in [5.74, 6) is 0.0580. The monoisotopic (exact) mass is 478 g/mol. The lowest BCUT2D eigenvalue weighted by atomic mass is 10.0. The number of esters is 1. The number of hydrogen-bond donors (Lipinski definition) is 0. The van der Waals surface area contributed by atoms with Crippen LogP contribution in [0.1, 0.15) is 87.5 Å². The molecule has 1 aliphatic carbocycles. The van der Waals surface area contributed by atoms with Crippen molar-refractivity contribution >= 4 is 33.4 Å². The lowest BCUT2D eigenvalue weighted by Crippen LogP contribution is -2.09. The molecule has 1 fully saturated rings. The molecule has 0 atom stereocenters. The van der Waals surface area contributed by atoms with Gasteiger partial charge in [0.05, 0.1) is 6.61 Å². The molecule has 1 aliphatic rings. The van der Waals surface area contributed by atoms with Crippen molar-refractivity contribution < 1.29 is 13.9 Å². The molecular weight excluding hydrogens is 447 g/mol. The Hall–Kier alpha value is -2.08. The highest BCUT2D eigenvalue weighted by atomic mass is 79.9. The Labute approximate surface area is 188 Å². The second kappa shape index (κ2) is 12.6. The van der Waals surface area contributed by atoms with Gasteiger partial charge in [-0.2, -0.15) is 0 Å². The number of aromatic nitrogens is 1. The SMILES string of the molecule is CC.CC.CCOC(=O)c1cc(C2CC2)c(C)c(/N=C(\C)c2ccc(Br)cc2F)n1. The van der Waals surface area contributed by atoms with E-state index in [1.54, 1.807) is 32.0 Å². The Balaban J connectivity index is 0.00000106. The molecule has 30 heavy (non-hydrogen) atoms. The summed E-state index contributed by atoms with van der Waals surface area (Å²) >= 11 is 3.25. The van der Waals surface area contributed by atoms with Gasteiger partial charge in [-0.1, -0.05) is 43.6 Å². The number of ether oxygens (including phenoxy) is 1. The molecule has 0 amide bonds. The van der Waals surface area contributed by atoms with Gasteiger partial charge in [0.1, 0.15) is 5.82 Å². The number of nitrogens with zero attached hydrogens (tertiary/aromatic N) is 2. The number of carbonyl (C=O) groups is 1. The molecule has 0 radical (unpaired) electrons. The topological polar surface area (TPSA) is 51.5 Å². The molecule has 0 unspecified atom stereocenters. The van der Waals surface area contributed by atoms with E-state index in [9.17, 15) is 9.18 Å². The van der Waals surface area contributed by atoms with Crippen LogP contribution in [0.5, 0.6) is 0 Å². The lowest BCUT2D eigenvalue weighted by Gasteiger charge is -2.11. The molecule has 0 spiro atoms. The molecule has 1 aromatic heterocycles. The minimum Gasteiger partial charge on any atom is -0.461 e. The molecule has 6 heteroatoms. The van der Waals surface area contributed by atoms with Crippen LogP contribution in [0.25, 0.3) is 0 Å². The standard InChI is InChI=1S/C20H20BrFN2O2.2C2H6/c1-4-26-20(25)18-10-16(13-5-6-13)11(2)19(24-18)23-12(3)15-8-7-14(21)9-17(15)22;2*1-2/h7-10,13H,4-6H2,1-3H3;2*1-2H3/b23-12+;;. The molecule has 0 aliphatic heterocycles. The Morgan fingerprint density at radius 2 is 1.87 bits per heavy atom. The molecule has 1 heterocycles. The third kappa shape index (κ3) is 6.73. The molecule has 164 valence electrons. The van der Waals surface area contributed by atoms with Crippen molar-refractivity contribution in [2.24, 2.45) is 4.99 Å². The molecule has 1 saturated carbocycles. The van der Waals surface area contributed by atoms with Gasteiger partial charge in [-0.05, 0) is 74.9 Å². The maximum Gasteiger partial charge on any atom is 0.357 e. The Morgan fingerprint density at radius 1 is 1.23 bits per heavy atom. The van der Waals surface area contributed by atoms with Crippen LogP contribution in [0.3, 0.4) is 0 Å². The minimum atomic E-state index is -0.460. The molecule has 3 rings (SSSR count). The van der Waals surface area contributed by atoms with E-state index in [1.165, 1.54) is 6.07 Å². The Kier molecular flexibility index (Phi) is 10.9. The minimum absolute atomic E-state index is 0.252. The van der Waals surface area contributed by atoms with Gasteiger partial charge in [0.25, 0.3) is 0 Å². The number of carbonyl (C=O) groups excluding carboxylic acids is 1. The Morgan fingerprint density at radius 3 is 2.40 bits per heavy atom. The molecule has 4 nitrogen and oxygen atoms in total. The highest BCUT2D eigenvalue weighted by Gasteiger charge is 2.28. The molecular formula is C24H32BrFN2O2. The summed E-state index contributed by atoms with van der Waals surface area (Å²) < 4.78 is 20.0. The smallest absolute Gasteiger partial charge is 0.357 e. The zero-order chi connectivity index (χ0) is 22.8. The Bertz CT molecular complexity index is 893. The predicted molar refractivity (Wildman–Crippen MR) is 126 cm³/mol. The van der Waals surface area contributed by atoms with Crippen LogP contribution in [0.4, 0.5) is 10.2 Å². The highest BCUT2D eigenvalue weighted by molar-refractivity contribution is 9.10. The van der Waals surface area contributed by atoms with Crippen LogP contribution in [-0.2, 0) is 4.74 Å². The highest BCUT2D eigenvalue weighted by Crippen LogP contribution is 2.43. The van der Waals surface area contributed by atoms with Gasteiger partial charge in [0, 0.05) is 15.7 Å². The summed E-state index contributed by atoms with van der Waals surface area (Å²) in [5, 5.41) is 0. The van der Waals surface area contributed by atoms with Crippen LogP contribution in [0.15, 0.2) is 33.7 Å². The van der Waals surface area contributed by atoms with Gasteiger partial charge in [0.2, 0.25) is 0 Å². The van der Waals surface area contributed by atoms with Crippen LogP contribution in [0, 0.1) is 12.7 Å². The molecule has 1 aromatic carbocycles. The summed E-state index contributed by atoms with van der Waals surface area (Å²) in [5.41, 5.74) is 3.17. The third-order valence-corrected chi connectivity index (χ3v) is 4.88. The van der Waals surface area contributed by atoms with Crippen molar-refractivity contribution in [2.45, 2.75) is 67.2 Å². The summed E-state index contributed by atoms with van der Waals surface area (Å²) in [6.45, 7) is 13.7. The van der Waals surface area contributed by atoms with E-state index >= 15 is 0 Å². The van der Waals surface area contributed by atoms with Gasteiger partial charge in [-0.3, -0.25) is 0 Å². The van der Waals surface area contributed by atoms with Crippen molar-refractivity contribution in [3.05, 3.63) is 56.9 Å². The second-order valence-electron chi connectivity index (χ2n) is 6.36. The lowest BCUT2D eigenvalue weighted by molar-refractivity contribution is 0.0519. The summed E-state index contributed by atoms with van der Waals surface area (Å²) in [6, 6.07) is 6.64. The largest absolute Gasteiger partial charge is 0.461 e. The third-order valence-electron chi connectivity index (χ3n) is 4.38. The summed E-state index contributed by atoms with van der Waals surface area (Å²) in [7, 11) is 0. The van der Waals surface area contributed by atoms with E-state index in [1.807, 2.05) is 34.6 Å². The van der Waals surface area contributed by atoms with E-state index in [0.717, 1.165) is 24.0 Å². The number of pyridine rings is 1. The number of benzene rings is 1. The fourth-order valence-corrected chi connectivity index (χ4v) is 3.19. The normalized spacial score (nSPS) is 12.9. The van der Waals surface area contributed by atoms with Gasteiger partial charge >= 0.3 is 5.97 Å². The summed E-state index contributed by atoms with van der Waals surface area (Å²) in [4.78, 5) is 21.1. The van der Waals surface area contributed by atoms with E-state index in [0.29, 0.717) is 27.5 Å². The molecule has 0 saturated heterocycles. The quantitative estimate of drug-likeness (QED) is 0.329. The van der Waals surface area contributed by atoms with E-state index in [2.05, 4.69) is 25.9 Å². The average Bonchev–Trinajstić information content (AvgIpc) is 3.57. The van der Waals surface area contributed by atoms with Crippen molar-refractivity contribution in [3.8, 4) is 0 Å². The van der Waals surface area contributed by atoms with E-state index < -0.39 is 5.97 Å². The van der Waals surface area contributed by atoms with Gasteiger partial charge in [-0.25, -0.2) is 19.2 Å². The zero-order valence-corrected chi connectivity index (χ0v) is 20.6. The zero-order valence-electron chi connectivity index (χ0n) is 19.0. The molecule has 0 bridgehead atoms. The van der Waals surface area contributed by atoms with E-state index in [4.69, 9.17) is 4.74 Å².